The van der Waals surface area contributed by atoms with Crippen molar-refractivity contribution in [3.8, 4) is 0 Å². The van der Waals surface area contributed by atoms with Crippen molar-refractivity contribution in [1.29, 1.82) is 0 Å². The maximum atomic E-state index is 15.0. The molecule has 206 valence electrons. The number of aromatic nitrogens is 1. The normalized spacial score (nSPS) is 23.5. The number of nitrogens with zero attached hydrogens (tertiary/aromatic N) is 5. The Morgan fingerprint density at radius 3 is 2.77 bits per heavy atom. The predicted octanol–water partition coefficient (Wildman–Crippen LogP) is 4.76. The highest BCUT2D eigenvalue weighted by Crippen LogP contribution is 2.37. The van der Waals surface area contributed by atoms with Crippen LogP contribution in [0.1, 0.15) is 28.8 Å². The van der Waals surface area contributed by atoms with Crippen LogP contribution in [-0.2, 0) is 11.3 Å². The molecule has 2 unspecified atom stereocenters. The summed E-state index contributed by atoms with van der Waals surface area (Å²) in [6, 6.07) is 12.4. The molecule has 3 saturated heterocycles. The summed E-state index contributed by atoms with van der Waals surface area (Å²) in [6.45, 7) is 9.44. The second kappa shape index (κ2) is 11.7. The highest BCUT2D eigenvalue weighted by molar-refractivity contribution is 7.19. The minimum absolute atomic E-state index is 0.0985. The Hall–Kier alpha value is -2.85. The van der Waals surface area contributed by atoms with E-state index in [9.17, 15) is 4.39 Å². The Bertz CT molecular complexity index is 1360. The summed E-state index contributed by atoms with van der Waals surface area (Å²) in [5.41, 5.74) is 11.2. The van der Waals surface area contributed by atoms with Crippen LogP contribution >= 0.6 is 11.3 Å². The monoisotopic (exact) mass is 548 g/mol. The van der Waals surface area contributed by atoms with Crippen LogP contribution in [0.2, 0.25) is 0 Å². The van der Waals surface area contributed by atoms with Gasteiger partial charge in [-0.05, 0) is 56.6 Å². The minimum atomic E-state index is -0.781. The first kappa shape index (κ1) is 26.4. The third kappa shape index (κ3) is 6.01. The highest BCUT2D eigenvalue weighted by Gasteiger charge is 2.35. The highest BCUT2D eigenvalue weighted by atomic mass is 32.1. The number of anilines is 1. The van der Waals surface area contributed by atoms with E-state index < -0.39 is 6.17 Å². The van der Waals surface area contributed by atoms with Crippen molar-refractivity contribution in [3.63, 3.8) is 0 Å². The lowest BCUT2D eigenvalue weighted by molar-refractivity contribution is 0.00228. The number of pyridine rings is 1. The fraction of sp³-hybridized carbons (Fsp3) is 0.467. The zero-order valence-electron chi connectivity index (χ0n) is 22.6. The van der Waals surface area contributed by atoms with Gasteiger partial charge in [-0.15, -0.1) is 11.3 Å². The van der Waals surface area contributed by atoms with Gasteiger partial charge < -0.3 is 15.4 Å². The zero-order valence-corrected chi connectivity index (χ0v) is 23.4. The quantitative estimate of drug-likeness (QED) is 0.430. The van der Waals surface area contributed by atoms with Gasteiger partial charge in [-0.1, -0.05) is 23.8 Å². The van der Waals surface area contributed by atoms with Crippen LogP contribution in [0.4, 0.5) is 15.9 Å². The molecule has 7 nitrogen and oxygen atoms in total. The first-order chi connectivity index (χ1) is 19.0. The second-order valence-electron chi connectivity index (χ2n) is 10.8. The average molecular weight is 549 g/mol. The SMILES string of the molecule is Cc1cccc(/C(N)=C/C=Nc2cc(N3CCOCC3)c3sc(CN4CCC(N5CCC5)C(F)C4)cc3n2)c1. The van der Waals surface area contributed by atoms with Crippen LogP contribution in [0.25, 0.3) is 15.9 Å². The van der Waals surface area contributed by atoms with Crippen LogP contribution in [0, 0.1) is 6.92 Å². The minimum Gasteiger partial charge on any atom is -0.398 e. The molecule has 0 bridgehead atoms. The molecule has 3 aliphatic rings. The van der Waals surface area contributed by atoms with Gasteiger partial charge in [0.15, 0.2) is 5.82 Å². The van der Waals surface area contributed by atoms with Gasteiger partial charge >= 0.3 is 0 Å². The average Bonchev–Trinajstić information content (AvgIpc) is 3.31. The Balaban J connectivity index is 1.23. The first-order valence-corrected chi connectivity index (χ1v) is 14.8. The molecule has 2 aromatic heterocycles. The molecule has 0 saturated carbocycles. The summed E-state index contributed by atoms with van der Waals surface area (Å²) in [5, 5.41) is 0. The van der Waals surface area contributed by atoms with E-state index in [1.54, 1.807) is 17.6 Å². The molecule has 0 amide bonds. The molecule has 0 aliphatic carbocycles. The number of allylic oxidation sites excluding steroid dienone is 1. The fourth-order valence-electron chi connectivity index (χ4n) is 5.74. The Morgan fingerprint density at radius 1 is 1.18 bits per heavy atom. The lowest BCUT2D eigenvalue weighted by Crippen LogP contribution is -2.56. The van der Waals surface area contributed by atoms with Crippen LogP contribution in [-0.4, -0.2) is 85.7 Å². The van der Waals surface area contributed by atoms with E-state index in [0.717, 1.165) is 67.2 Å². The van der Waals surface area contributed by atoms with Gasteiger partial charge in [0, 0.05) is 61.6 Å². The number of benzene rings is 1. The Kier molecular flexibility index (Phi) is 7.92. The van der Waals surface area contributed by atoms with Crippen molar-refractivity contribution in [2.75, 3.05) is 57.4 Å². The van der Waals surface area contributed by atoms with Crippen molar-refractivity contribution in [1.82, 2.24) is 14.8 Å². The zero-order chi connectivity index (χ0) is 26.8. The maximum Gasteiger partial charge on any atom is 0.154 e. The summed E-state index contributed by atoms with van der Waals surface area (Å²) in [7, 11) is 0. The number of rotatable bonds is 7. The molecular formula is C30H37FN6OS. The number of likely N-dealkylation sites (tertiary alicyclic amines) is 2. The number of thiophene rings is 1. The number of piperidine rings is 1. The van der Waals surface area contributed by atoms with Crippen molar-refractivity contribution in [2.24, 2.45) is 10.7 Å². The third-order valence-electron chi connectivity index (χ3n) is 7.99. The first-order valence-electron chi connectivity index (χ1n) is 14.0. The number of morpholine rings is 1. The molecule has 3 fully saturated rings. The summed E-state index contributed by atoms with van der Waals surface area (Å²) >= 11 is 1.77. The van der Waals surface area contributed by atoms with Gasteiger partial charge in [-0.25, -0.2) is 14.4 Å². The van der Waals surface area contributed by atoms with E-state index >= 15 is 0 Å². The summed E-state index contributed by atoms with van der Waals surface area (Å²) < 4.78 is 21.8. The van der Waals surface area contributed by atoms with Gasteiger partial charge in [-0.2, -0.15) is 0 Å². The van der Waals surface area contributed by atoms with E-state index in [1.165, 1.54) is 16.9 Å². The molecule has 39 heavy (non-hydrogen) atoms. The summed E-state index contributed by atoms with van der Waals surface area (Å²) in [4.78, 5) is 17.7. The van der Waals surface area contributed by atoms with Crippen LogP contribution in [0.5, 0.6) is 0 Å². The second-order valence-corrected chi connectivity index (χ2v) is 11.9. The number of aryl methyl sites for hydroxylation is 1. The van der Waals surface area contributed by atoms with Crippen molar-refractivity contribution < 1.29 is 9.13 Å². The largest absolute Gasteiger partial charge is 0.398 e. The lowest BCUT2D eigenvalue weighted by atomic mass is 9.98. The summed E-state index contributed by atoms with van der Waals surface area (Å²) in [5.74, 6) is 0.654. The predicted molar refractivity (Wildman–Crippen MR) is 159 cm³/mol. The topological polar surface area (TPSA) is 70.2 Å². The van der Waals surface area contributed by atoms with Gasteiger partial charge in [0.25, 0.3) is 0 Å². The fourth-order valence-corrected chi connectivity index (χ4v) is 6.92. The van der Waals surface area contributed by atoms with E-state index in [4.69, 9.17) is 15.5 Å². The Morgan fingerprint density at radius 2 is 2.03 bits per heavy atom. The number of halogens is 1. The number of hydrogen-bond donors (Lipinski definition) is 1. The van der Waals surface area contributed by atoms with Gasteiger partial charge in [0.2, 0.25) is 0 Å². The number of fused-ring (bicyclic) bond motifs is 1. The molecule has 9 heteroatoms. The van der Waals surface area contributed by atoms with E-state index in [2.05, 4.69) is 50.9 Å². The lowest BCUT2D eigenvalue weighted by Gasteiger charge is -2.44. The van der Waals surface area contributed by atoms with Gasteiger partial charge in [-0.3, -0.25) is 9.80 Å². The smallest absolute Gasteiger partial charge is 0.154 e. The number of aliphatic imine (C=N–C) groups is 1. The van der Waals surface area contributed by atoms with Crippen molar-refractivity contribution in [2.45, 2.75) is 38.5 Å². The standard InChI is InChI=1S/C30H37FN6OS/c1-21-4-2-5-22(16-21)25(32)6-8-33-29-18-28(37-12-14-38-15-13-37)30-26(34-29)17-23(39-30)19-35-11-7-27(24(31)20-35)36-9-3-10-36/h2,4-6,8,16-18,24,27H,3,7,9-15,19-20,32H2,1H3/b25-6-,33-8?. The number of ether oxygens (including phenoxy) is 1. The van der Waals surface area contributed by atoms with Gasteiger partial charge in [0.1, 0.15) is 6.17 Å². The molecule has 2 atom stereocenters. The maximum absolute atomic E-state index is 15.0. The number of nitrogens with two attached hydrogens (primary N) is 1. The summed E-state index contributed by atoms with van der Waals surface area (Å²) in [6.07, 6.45) is 4.88. The molecule has 5 heterocycles. The van der Waals surface area contributed by atoms with E-state index in [-0.39, 0.29) is 6.04 Å². The molecule has 3 aromatic rings. The molecular weight excluding hydrogens is 511 g/mol. The molecule has 0 radical (unpaired) electrons. The molecule has 3 aliphatic heterocycles. The van der Waals surface area contributed by atoms with Crippen LogP contribution < -0.4 is 10.6 Å². The molecule has 0 spiro atoms. The third-order valence-corrected chi connectivity index (χ3v) is 9.12. The Labute approximate surface area is 233 Å². The van der Waals surface area contributed by atoms with E-state index in [0.29, 0.717) is 31.3 Å². The van der Waals surface area contributed by atoms with Crippen LogP contribution in [0.3, 0.4) is 0 Å². The van der Waals surface area contributed by atoms with Crippen molar-refractivity contribution in [3.05, 3.63) is 58.5 Å². The van der Waals surface area contributed by atoms with Crippen molar-refractivity contribution >= 4 is 45.0 Å². The molecule has 6 rings (SSSR count). The number of alkyl halides is 1. The van der Waals surface area contributed by atoms with Gasteiger partial charge in [0.05, 0.1) is 29.1 Å². The van der Waals surface area contributed by atoms with Crippen LogP contribution in [0.15, 0.2) is 47.5 Å². The molecule has 2 N–H and O–H groups in total. The molecule has 1 aromatic carbocycles. The van der Waals surface area contributed by atoms with E-state index in [1.807, 2.05) is 18.2 Å². The number of hydrogen-bond acceptors (Lipinski definition) is 8.